The van der Waals surface area contributed by atoms with Gasteiger partial charge in [-0.05, 0) is 30.2 Å². The van der Waals surface area contributed by atoms with Crippen LogP contribution in [-0.4, -0.2) is 30.4 Å². The van der Waals surface area contributed by atoms with E-state index in [1.54, 1.807) is 12.0 Å². The lowest BCUT2D eigenvalue weighted by molar-refractivity contribution is -0.128. The molecule has 2 amide bonds. The summed E-state index contributed by atoms with van der Waals surface area (Å²) in [5.41, 5.74) is 3.99. The van der Waals surface area contributed by atoms with Crippen LogP contribution in [0.3, 0.4) is 0 Å². The maximum atomic E-state index is 12.6. The van der Waals surface area contributed by atoms with Crippen molar-refractivity contribution in [2.24, 2.45) is 5.92 Å². The van der Waals surface area contributed by atoms with E-state index in [0.29, 0.717) is 19.7 Å². The van der Waals surface area contributed by atoms with Crippen LogP contribution in [0.5, 0.6) is 0 Å². The van der Waals surface area contributed by atoms with Gasteiger partial charge in [0.15, 0.2) is 0 Å². The normalized spacial score (nSPS) is 16.8. The summed E-state index contributed by atoms with van der Waals surface area (Å²) in [5.74, 6) is -0.405. The van der Waals surface area contributed by atoms with Crippen LogP contribution in [0.2, 0.25) is 0 Å². The molecular formula is C21H24N2O3. The minimum absolute atomic E-state index is 0.0267. The highest BCUT2D eigenvalue weighted by molar-refractivity contribution is 5.97. The van der Waals surface area contributed by atoms with Gasteiger partial charge >= 0.3 is 0 Å². The monoisotopic (exact) mass is 352 g/mol. The van der Waals surface area contributed by atoms with Gasteiger partial charge in [-0.25, -0.2) is 0 Å². The third kappa shape index (κ3) is 4.49. The quantitative estimate of drug-likeness (QED) is 0.869. The Hall–Kier alpha value is -2.66. The summed E-state index contributed by atoms with van der Waals surface area (Å²) in [5, 5.41) is 2.92. The smallest absolute Gasteiger partial charge is 0.229 e. The minimum atomic E-state index is -0.320. The van der Waals surface area contributed by atoms with E-state index in [-0.39, 0.29) is 24.2 Å². The van der Waals surface area contributed by atoms with Crippen molar-refractivity contribution in [2.75, 3.05) is 19.0 Å². The highest BCUT2D eigenvalue weighted by atomic mass is 16.5. The molecule has 3 rings (SSSR count). The molecule has 26 heavy (non-hydrogen) atoms. The summed E-state index contributed by atoms with van der Waals surface area (Å²) < 4.78 is 5.12. The number of rotatable bonds is 6. The van der Waals surface area contributed by atoms with Crippen LogP contribution in [0, 0.1) is 12.8 Å². The molecule has 5 nitrogen and oxygen atoms in total. The number of hydrogen-bond donors (Lipinski definition) is 1. The van der Waals surface area contributed by atoms with Crippen LogP contribution in [0.4, 0.5) is 5.69 Å². The van der Waals surface area contributed by atoms with Crippen molar-refractivity contribution in [2.45, 2.75) is 26.5 Å². The van der Waals surface area contributed by atoms with Crippen molar-refractivity contribution in [3.05, 3.63) is 65.2 Å². The van der Waals surface area contributed by atoms with Gasteiger partial charge in [-0.3, -0.25) is 9.59 Å². The number of benzene rings is 2. The second-order valence-electron chi connectivity index (χ2n) is 6.78. The number of nitrogens with zero attached hydrogens (tertiary/aromatic N) is 1. The molecule has 136 valence electrons. The van der Waals surface area contributed by atoms with Gasteiger partial charge in [0.1, 0.15) is 0 Å². The molecule has 1 saturated heterocycles. The van der Waals surface area contributed by atoms with Gasteiger partial charge in [-0.15, -0.1) is 0 Å². The number of ether oxygens (including phenoxy) is 1. The van der Waals surface area contributed by atoms with Gasteiger partial charge in [0.2, 0.25) is 11.8 Å². The fourth-order valence-corrected chi connectivity index (χ4v) is 3.16. The van der Waals surface area contributed by atoms with Crippen LogP contribution in [0.15, 0.2) is 48.5 Å². The summed E-state index contributed by atoms with van der Waals surface area (Å²) in [4.78, 5) is 26.6. The number of likely N-dealkylation sites (tertiary alicyclic amines) is 1. The number of anilines is 1. The first-order valence-corrected chi connectivity index (χ1v) is 8.77. The third-order valence-corrected chi connectivity index (χ3v) is 4.58. The van der Waals surface area contributed by atoms with Gasteiger partial charge in [0, 0.05) is 32.3 Å². The predicted octanol–water partition coefficient (Wildman–Crippen LogP) is 3.13. The van der Waals surface area contributed by atoms with Crippen molar-refractivity contribution < 1.29 is 14.3 Å². The Kier molecular flexibility index (Phi) is 5.68. The second kappa shape index (κ2) is 8.15. The Morgan fingerprint density at radius 1 is 1.19 bits per heavy atom. The molecule has 1 atom stereocenters. The summed E-state index contributed by atoms with van der Waals surface area (Å²) in [7, 11) is 1.64. The molecule has 5 heteroatoms. The van der Waals surface area contributed by atoms with Crippen molar-refractivity contribution >= 4 is 17.5 Å². The minimum Gasteiger partial charge on any atom is -0.380 e. The van der Waals surface area contributed by atoms with E-state index in [9.17, 15) is 9.59 Å². The number of methoxy groups -OCH3 is 1. The van der Waals surface area contributed by atoms with Crippen molar-refractivity contribution in [3.63, 3.8) is 0 Å². The van der Waals surface area contributed by atoms with Crippen LogP contribution in [0.25, 0.3) is 0 Å². The lowest BCUT2D eigenvalue weighted by Gasteiger charge is -2.17. The average Bonchev–Trinajstić information content (AvgIpc) is 2.98. The van der Waals surface area contributed by atoms with Crippen LogP contribution < -0.4 is 5.32 Å². The first kappa shape index (κ1) is 18.1. The molecule has 1 heterocycles. The molecule has 0 aliphatic carbocycles. The lowest BCUT2D eigenvalue weighted by atomic mass is 10.1. The number of amides is 2. The second-order valence-corrected chi connectivity index (χ2v) is 6.78. The predicted molar refractivity (Wildman–Crippen MR) is 100 cm³/mol. The Balaban J connectivity index is 1.59. The first-order valence-electron chi connectivity index (χ1n) is 8.77. The van der Waals surface area contributed by atoms with E-state index in [2.05, 4.69) is 5.32 Å². The van der Waals surface area contributed by atoms with Gasteiger partial charge in [0.25, 0.3) is 0 Å². The molecule has 0 bridgehead atoms. The summed E-state index contributed by atoms with van der Waals surface area (Å²) in [6, 6.07) is 15.7. The average molecular weight is 352 g/mol. The van der Waals surface area contributed by atoms with Gasteiger partial charge in [-0.1, -0.05) is 42.0 Å². The van der Waals surface area contributed by atoms with E-state index >= 15 is 0 Å². The SMILES string of the molecule is COCc1cccc(NC(=O)C2CC(=O)N(Cc3ccc(C)cc3)C2)c1. The summed E-state index contributed by atoms with van der Waals surface area (Å²) >= 11 is 0. The Morgan fingerprint density at radius 2 is 1.96 bits per heavy atom. The summed E-state index contributed by atoms with van der Waals surface area (Å²) in [6.45, 7) is 3.53. The lowest BCUT2D eigenvalue weighted by Crippen LogP contribution is -2.28. The van der Waals surface area contributed by atoms with Crippen LogP contribution >= 0.6 is 0 Å². The molecular weight excluding hydrogens is 328 g/mol. The molecule has 1 unspecified atom stereocenters. The molecule has 0 aromatic heterocycles. The fraction of sp³-hybridized carbons (Fsp3) is 0.333. The maximum Gasteiger partial charge on any atom is 0.229 e. The van der Waals surface area contributed by atoms with E-state index in [0.717, 1.165) is 16.8 Å². The van der Waals surface area contributed by atoms with E-state index in [4.69, 9.17) is 4.74 Å². The van der Waals surface area contributed by atoms with E-state index < -0.39 is 0 Å². The number of nitrogens with one attached hydrogen (secondary N) is 1. The Bertz CT molecular complexity index is 786. The molecule has 0 saturated carbocycles. The first-order chi connectivity index (χ1) is 12.5. The molecule has 1 aliphatic rings. The Morgan fingerprint density at radius 3 is 2.69 bits per heavy atom. The van der Waals surface area contributed by atoms with E-state index in [1.165, 1.54) is 5.56 Å². The third-order valence-electron chi connectivity index (χ3n) is 4.58. The highest BCUT2D eigenvalue weighted by Crippen LogP contribution is 2.22. The number of carbonyl (C=O) groups excluding carboxylic acids is 2. The zero-order valence-corrected chi connectivity index (χ0v) is 15.2. The number of aryl methyl sites for hydroxylation is 1. The fourth-order valence-electron chi connectivity index (χ4n) is 3.16. The zero-order chi connectivity index (χ0) is 18.5. The molecule has 1 fully saturated rings. The van der Waals surface area contributed by atoms with Crippen molar-refractivity contribution in [1.82, 2.24) is 4.90 Å². The van der Waals surface area contributed by atoms with E-state index in [1.807, 2.05) is 55.5 Å². The van der Waals surface area contributed by atoms with Crippen molar-refractivity contribution in [1.29, 1.82) is 0 Å². The number of hydrogen-bond acceptors (Lipinski definition) is 3. The highest BCUT2D eigenvalue weighted by Gasteiger charge is 2.34. The summed E-state index contributed by atoms with van der Waals surface area (Å²) in [6.07, 6.45) is 0.259. The van der Waals surface area contributed by atoms with Gasteiger partial charge < -0.3 is 15.0 Å². The zero-order valence-electron chi connectivity index (χ0n) is 15.2. The topological polar surface area (TPSA) is 58.6 Å². The Labute approximate surface area is 154 Å². The molecule has 0 radical (unpaired) electrons. The van der Waals surface area contributed by atoms with Crippen molar-refractivity contribution in [3.8, 4) is 0 Å². The molecule has 2 aromatic carbocycles. The largest absolute Gasteiger partial charge is 0.380 e. The number of carbonyl (C=O) groups is 2. The molecule has 1 aliphatic heterocycles. The van der Waals surface area contributed by atoms with Crippen LogP contribution in [0.1, 0.15) is 23.1 Å². The molecule has 1 N–H and O–H groups in total. The van der Waals surface area contributed by atoms with Gasteiger partial charge in [0.05, 0.1) is 12.5 Å². The van der Waals surface area contributed by atoms with Gasteiger partial charge in [-0.2, -0.15) is 0 Å². The maximum absolute atomic E-state index is 12.6. The van der Waals surface area contributed by atoms with Crippen LogP contribution in [-0.2, 0) is 27.5 Å². The molecule has 0 spiro atoms. The standard InChI is InChI=1S/C21H24N2O3/c1-15-6-8-16(9-7-15)12-23-13-18(11-20(23)24)21(25)22-19-5-3-4-17(10-19)14-26-2/h3-10,18H,11-14H2,1-2H3,(H,22,25). The molecule has 2 aromatic rings.